The third-order valence-corrected chi connectivity index (χ3v) is 2.84. The summed E-state index contributed by atoms with van der Waals surface area (Å²) in [5.41, 5.74) is 1.51. The molecule has 0 N–H and O–H groups in total. The second-order valence-corrected chi connectivity index (χ2v) is 3.69. The smallest absolute Gasteiger partial charge is 0.211 e. The molecule has 1 aromatic heterocycles. The largest absolute Gasteiger partial charge is 0.241 e. The fraction of sp³-hybridized carbons (Fsp3) is 0.333. The average Bonchev–Trinajstić information content (AvgIpc) is 2.41. The predicted octanol–water partition coefficient (Wildman–Crippen LogP) is 2.46. The molecular formula is C9H8N2OS. The lowest BCUT2D eigenvalue weighted by Gasteiger charge is -1.92. The van der Waals surface area contributed by atoms with Gasteiger partial charge in [-0.3, -0.25) is 0 Å². The predicted molar refractivity (Wildman–Crippen MR) is 50.9 cm³/mol. The number of carbonyl (C=O) groups excluding carboxylic acids is 1. The van der Waals surface area contributed by atoms with Crippen LogP contribution in [0.15, 0.2) is 4.99 Å². The first-order valence-corrected chi connectivity index (χ1v) is 4.66. The standard InChI is InChI=1S/C9H8N2OS/c1-3-7-6(2)13-9(11-5-12)8(7)4-10/h3H2,1-2H3. The van der Waals surface area contributed by atoms with Crippen LogP contribution in [-0.4, -0.2) is 6.08 Å². The normalized spacial score (nSPS) is 9.00. The first kappa shape index (κ1) is 9.66. The van der Waals surface area contributed by atoms with Crippen LogP contribution in [0.1, 0.15) is 22.9 Å². The lowest BCUT2D eigenvalue weighted by molar-refractivity contribution is 0.565. The molecule has 0 fully saturated rings. The van der Waals surface area contributed by atoms with E-state index in [1.54, 1.807) is 0 Å². The van der Waals surface area contributed by atoms with E-state index in [4.69, 9.17) is 5.26 Å². The number of aryl methyl sites for hydroxylation is 1. The van der Waals surface area contributed by atoms with E-state index >= 15 is 0 Å². The van der Waals surface area contributed by atoms with Gasteiger partial charge in [0.25, 0.3) is 0 Å². The Labute approximate surface area is 80.3 Å². The van der Waals surface area contributed by atoms with Gasteiger partial charge in [0.2, 0.25) is 6.08 Å². The maximum Gasteiger partial charge on any atom is 0.241 e. The van der Waals surface area contributed by atoms with Crippen LogP contribution in [0.2, 0.25) is 0 Å². The van der Waals surface area contributed by atoms with Crippen LogP contribution < -0.4 is 0 Å². The number of thiophene rings is 1. The molecule has 3 nitrogen and oxygen atoms in total. The van der Waals surface area contributed by atoms with E-state index in [0.717, 1.165) is 16.9 Å². The molecule has 0 radical (unpaired) electrons. The minimum atomic E-state index is 0.479. The number of hydrogen-bond donors (Lipinski definition) is 0. The molecule has 0 aliphatic heterocycles. The van der Waals surface area contributed by atoms with E-state index < -0.39 is 0 Å². The average molecular weight is 192 g/mol. The molecule has 0 bridgehead atoms. The molecule has 0 unspecified atom stereocenters. The van der Waals surface area contributed by atoms with Crippen molar-refractivity contribution >= 4 is 22.4 Å². The quantitative estimate of drug-likeness (QED) is 0.534. The zero-order valence-corrected chi connectivity index (χ0v) is 8.23. The molecule has 0 saturated heterocycles. The summed E-state index contributed by atoms with van der Waals surface area (Å²) in [7, 11) is 0. The van der Waals surface area contributed by atoms with Crippen molar-refractivity contribution in [2.24, 2.45) is 4.99 Å². The first-order chi connectivity index (χ1) is 6.24. The highest BCUT2D eigenvalue weighted by molar-refractivity contribution is 7.16. The van der Waals surface area contributed by atoms with Gasteiger partial charge in [0.05, 0.1) is 5.56 Å². The number of isocyanates is 1. The number of nitriles is 1. The molecule has 1 heterocycles. The minimum absolute atomic E-state index is 0.479. The molecular weight excluding hydrogens is 184 g/mol. The van der Waals surface area contributed by atoms with Crippen LogP contribution in [0.25, 0.3) is 0 Å². The minimum Gasteiger partial charge on any atom is -0.211 e. The van der Waals surface area contributed by atoms with Crippen LogP contribution in [-0.2, 0) is 11.2 Å². The second-order valence-electron chi connectivity index (χ2n) is 2.49. The monoisotopic (exact) mass is 192 g/mol. The molecule has 0 aliphatic rings. The van der Waals surface area contributed by atoms with E-state index in [2.05, 4.69) is 11.1 Å². The molecule has 0 spiro atoms. The Kier molecular flexibility index (Phi) is 2.97. The van der Waals surface area contributed by atoms with Gasteiger partial charge in [-0.1, -0.05) is 6.92 Å². The highest BCUT2D eigenvalue weighted by atomic mass is 32.1. The topological polar surface area (TPSA) is 53.2 Å². The summed E-state index contributed by atoms with van der Waals surface area (Å²) in [6.07, 6.45) is 2.25. The lowest BCUT2D eigenvalue weighted by Crippen LogP contribution is -1.82. The fourth-order valence-electron chi connectivity index (χ4n) is 1.22. The summed E-state index contributed by atoms with van der Waals surface area (Å²) in [4.78, 5) is 14.6. The number of rotatable bonds is 2. The van der Waals surface area contributed by atoms with Crippen molar-refractivity contribution in [2.45, 2.75) is 20.3 Å². The summed E-state index contributed by atoms with van der Waals surface area (Å²) in [6, 6.07) is 2.06. The van der Waals surface area contributed by atoms with E-state index in [1.807, 2.05) is 13.8 Å². The Balaban J connectivity index is 3.40. The lowest BCUT2D eigenvalue weighted by atomic mass is 10.1. The number of aliphatic imine (C=N–C) groups is 1. The zero-order valence-electron chi connectivity index (χ0n) is 7.42. The summed E-state index contributed by atoms with van der Waals surface area (Å²) in [5, 5.41) is 9.32. The Morgan fingerprint density at radius 1 is 1.62 bits per heavy atom. The van der Waals surface area contributed by atoms with Gasteiger partial charge in [-0.05, 0) is 18.9 Å². The SMILES string of the molecule is CCc1c(C)sc(N=C=O)c1C#N. The summed E-state index contributed by atoms with van der Waals surface area (Å²) in [6.45, 7) is 3.90. The molecule has 0 aliphatic carbocycles. The molecule has 4 heteroatoms. The molecule has 0 aromatic carbocycles. The van der Waals surface area contributed by atoms with Crippen molar-refractivity contribution in [2.75, 3.05) is 0 Å². The first-order valence-electron chi connectivity index (χ1n) is 3.84. The van der Waals surface area contributed by atoms with Crippen LogP contribution in [0.3, 0.4) is 0 Å². The Bertz CT molecular complexity index is 408. The van der Waals surface area contributed by atoms with Crippen LogP contribution in [0.4, 0.5) is 5.00 Å². The number of nitrogens with zero attached hydrogens (tertiary/aromatic N) is 2. The van der Waals surface area contributed by atoms with Gasteiger partial charge >= 0.3 is 0 Å². The molecule has 1 aromatic rings. The fourth-order valence-corrected chi connectivity index (χ4v) is 2.24. The van der Waals surface area contributed by atoms with Gasteiger partial charge in [-0.25, -0.2) is 4.79 Å². The van der Waals surface area contributed by atoms with Crippen molar-refractivity contribution in [3.05, 3.63) is 16.0 Å². The van der Waals surface area contributed by atoms with Gasteiger partial charge < -0.3 is 0 Å². The maximum absolute atomic E-state index is 10.1. The molecule has 0 saturated carbocycles. The van der Waals surface area contributed by atoms with E-state index in [1.165, 1.54) is 17.4 Å². The molecule has 0 amide bonds. The summed E-state index contributed by atoms with van der Waals surface area (Å²) >= 11 is 1.36. The highest BCUT2D eigenvalue weighted by Crippen LogP contribution is 2.34. The maximum atomic E-state index is 10.1. The van der Waals surface area contributed by atoms with Crippen molar-refractivity contribution in [1.82, 2.24) is 0 Å². The second kappa shape index (κ2) is 3.99. The molecule has 0 atom stereocenters. The summed E-state index contributed by atoms with van der Waals surface area (Å²) < 4.78 is 0. The summed E-state index contributed by atoms with van der Waals surface area (Å²) in [5.74, 6) is 0. The highest BCUT2D eigenvalue weighted by Gasteiger charge is 2.13. The van der Waals surface area contributed by atoms with Gasteiger partial charge in [-0.2, -0.15) is 10.3 Å². The van der Waals surface area contributed by atoms with E-state index in [9.17, 15) is 4.79 Å². The van der Waals surface area contributed by atoms with Crippen LogP contribution >= 0.6 is 11.3 Å². The molecule has 66 valence electrons. The third-order valence-electron chi connectivity index (χ3n) is 1.80. The van der Waals surface area contributed by atoms with Crippen molar-refractivity contribution < 1.29 is 4.79 Å². The van der Waals surface area contributed by atoms with Gasteiger partial charge in [-0.15, -0.1) is 11.3 Å². The molecule has 13 heavy (non-hydrogen) atoms. The van der Waals surface area contributed by atoms with E-state index in [0.29, 0.717) is 10.6 Å². The van der Waals surface area contributed by atoms with Gasteiger partial charge in [0.1, 0.15) is 11.1 Å². The van der Waals surface area contributed by atoms with E-state index in [-0.39, 0.29) is 0 Å². The van der Waals surface area contributed by atoms with Crippen molar-refractivity contribution in [1.29, 1.82) is 5.26 Å². The number of hydrogen-bond acceptors (Lipinski definition) is 4. The van der Waals surface area contributed by atoms with Crippen LogP contribution in [0, 0.1) is 18.3 Å². The van der Waals surface area contributed by atoms with Crippen LogP contribution in [0.5, 0.6) is 0 Å². The van der Waals surface area contributed by atoms with Crippen molar-refractivity contribution in [3.8, 4) is 6.07 Å². The Hall–Kier alpha value is -1.43. The molecule has 1 rings (SSSR count). The zero-order chi connectivity index (χ0) is 9.84. The van der Waals surface area contributed by atoms with Gasteiger partial charge in [0.15, 0.2) is 0 Å². The van der Waals surface area contributed by atoms with Gasteiger partial charge in [0, 0.05) is 4.88 Å². The third kappa shape index (κ3) is 1.67. The Morgan fingerprint density at radius 3 is 2.77 bits per heavy atom. The Morgan fingerprint density at radius 2 is 2.31 bits per heavy atom. The van der Waals surface area contributed by atoms with Crippen molar-refractivity contribution in [3.63, 3.8) is 0 Å².